The molecule has 5 heteroatoms. The Morgan fingerprint density at radius 3 is 2.04 bits per heavy atom. The van der Waals surface area contributed by atoms with Crippen molar-refractivity contribution in [2.45, 2.75) is 12.6 Å². The molecule has 0 spiro atoms. The number of nitrogens with zero attached hydrogens (tertiary/aromatic N) is 1. The molecule has 0 radical (unpaired) electrons. The number of fused-ring (bicyclic) bond motifs is 3. The number of nitrogens with one attached hydrogen (secondary N) is 1. The highest BCUT2D eigenvalue weighted by molar-refractivity contribution is 6.07. The maximum atomic E-state index is 10.5. The third-order valence-electron chi connectivity index (χ3n) is 4.74. The summed E-state index contributed by atoms with van der Waals surface area (Å²) in [5.41, 5.74) is 2.32. The van der Waals surface area contributed by atoms with E-state index in [0.29, 0.717) is 26.2 Å². The molecule has 0 bridgehead atoms. The molecule has 0 aliphatic carbocycles. The Morgan fingerprint density at radius 2 is 1.39 bits per heavy atom. The standard InChI is InChI=1S/C23H24N2O2.ClH/c26-18(16-24-14-15-27-19-8-2-1-3-9-19)17-25-22-12-6-4-10-20(22)21-11-5-7-13-23(21)25;/h1-13,18,24,26H,14-17H2;1H/p-1. The first-order valence-corrected chi connectivity index (χ1v) is 9.35. The first-order valence-electron chi connectivity index (χ1n) is 9.35. The molecule has 0 fully saturated rings. The van der Waals surface area contributed by atoms with E-state index in [-0.39, 0.29) is 12.4 Å². The monoisotopic (exact) mass is 395 g/mol. The Balaban J connectivity index is 0.00000225. The normalized spacial score (nSPS) is 12.0. The van der Waals surface area contributed by atoms with E-state index in [4.69, 9.17) is 4.74 Å². The predicted octanol–water partition coefficient (Wildman–Crippen LogP) is 0.828. The van der Waals surface area contributed by atoms with Crippen LogP contribution in [0.15, 0.2) is 78.9 Å². The molecule has 1 unspecified atom stereocenters. The first kappa shape index (κ1) is 20.2. The molecule has 2 N–H and O–H groups in total. The summed E-state index contributed by atoms with van der Waals surface area (Å²) >= 11 is 0. The van der Waals surface area contributed by atoms with Gasteiger partial charge in [-0.05, 0) is 24.3 Å². The van der Waals surface area contributed by atoms with Crippen molar-refractivity contribution < 1.29 is 22.3 Å². The van der Waals surface area contributed by atoms with Crippen molar-refractivity contribution in [1.82, 2.24) is 9.88 Å². The van der Waals surface area contributed by atoms with Crippen LogP contribution in [0, 0.1) is 0 Å². The second kappa shape index (κ2) is 9.60. The summed E-state index contributed by atoms with van der Waals surface area (Å²) in [6.07, 6.45) is -0.471. The van der Waals surface area contributed by atoms with Crippen molar-refractivity contribution in [2.24, 2.45) is 0 Å². The van der Waals surface area contributed by atoms with E-state index >= 15 is 0 Å². The molecule has 0 amide bonds. The summed E-state index contributed by atoms with van der Waals surface area (Å²) in [7, 11) is 0. The number of rotatable bonds is 8. The highest BCUT2D eigenvalue weighted by Gasteiger charge is 2.12. The Labute approximate surface area is 171 Å². The Morgan fingerprint density at radius 1 is 0.821 bits per heavy atom. The molecular weight excluding hydrogens is 372 g/mol. The van der Waals surface area contributed by atoms with Gasteiger partial charge in [0.05, 0.1) is 12.6 Å². The van der Waals surface area contributed by atoms with Crippen molar-refractivity contribution in [3.63, 3.8) is 0 Å². The quantitative estimate of drug-likeness (QED) is 0.434. The third-order valence-corrected chi connectivity index (χ3v) is 4.74. The van der Waals surface area contributed by atoms with E-state index in [1.807, 2.05) is 42.5 Å². The van der Waals surface area contributed by atoms with Crippen LogP contribution in [0.2, 0.25) is 0 Å². The summed E-state index contributed by atoms with van der Waals surface area (Å²) < 4.78 is 7.87. The Hall–Kier alpha value is -2.53. The fourth-order valence-electron chi connectivity index (χ4n) is 3.50. The van der Waals surface area contributed by atoms with Crippen LogP contribution in [0.25, 0.3) is 21.8 Å². The van der Waals surface area contributed by atoms with Crippen LogP contribution in [-0.2, 0) is 6.54 Å². The van der Waals surface area contributed by atoms with Gasteiger partial charge in [0.25, 0.3) is 0 Å². The molecule has 28 heavy (non-hydrogen) atoms. The van der Waals surface area contributed by atoms with E-state index in [0.717, 1.165) is 16.8 Å². The number of halogens is 1. The number of aliphatic hydroxyl groups excluding tert-OH is 1. The SMILES string of the molecule is OC(CNCCOc1ccccc1)Cn1c2ccccc2c2ccccc21.[Cl-]. The van der Waals surface area contributed by atoms with Crippen LogP contribution in [-0.4, -0.2) is 35.5 Å². The lowest BCUT2D eigenvalue weighted by atomic mass is 10.2. The Bertz CT molecular complexity index is 964. The summed E-state index contributed by atoms with van der Waals surface area (Å²) in [6.45, 7) is 2.35. The van der Waals surface area contributed by atoms with E-state index in [1.165, 1.54) is 10.8 Å². The van der Waals surface area contributed by atoms with Gasteiger partial charge in [-0.1, -0.05) is 54.6 Å². The van der Waals surface area contributed by atoms with Gasteiger partial charge < -0.3 is 32.1 Å². The minimum Gasteiger partial charge on any atom is -1.00 e. The molecule has 1 atom stereocenters. The lowest BCUT2D eigenvalue weighted by Gasteiger charge is -2.15. The minimum atomic E-state index is -0.471. The molecule has 1 heterocycles. The molecule has 4 aromatic rings. The smallest absolute Gasteiger partial charge is 0.119 e. The number of benzene rings is 3. The zero-order chi connectivity index (χ0) is 18.5. The van der Waals surface area contributed by atoms with Gasteiger partial charge >= 0.3 is 0 Å². The molecule has 1 aromatic heterocycles. The van der Waals surface area contributed by atoms with Crippen molar-refractivity contribution in [3.8, 4) is 5.75 Å². The van der Waals surface area contributed by atoms with Crippen LogP contribution < -0.4 is 22.5 Å². The van der Waals surface area contributed by atoms with E-state index in [9.17, 15) is 5.11 Å². The largest absolute Gasteiger partial charge is 1.00 e. The zero-order valence-electron chi connectivity index (χ0n) is 15.6. The van der Waals surface area contributed by atoms with Gasteiger partial charge in [-0.2, -0.15) is 0 Å². The summed E-state index contributed by atoms with van der Waals surface area (Å²) in [6, 6.07) is 26.5. The molecule has 4 nitrogen and oxygen atoms in total. The molecule has 0 aliphatic rings. The number of hydrogen-bond donors (Lipinski definition) is 2. The van der Waals surface area contributed by atoms with Gasteiger partial charge in [-0.15, -0.1) is 0 Å². The highest BCUT2D eigenvalue weighted by atomic mass is 35.5. The first-order chi connectivity index (χ1) is 13.3. The predicted molar refractivity (Wildman–Crippen MR) is 110 cm³/mol. The van der Waals surface area contributed by atoms with Gasteiger partial charge in [0.1, 0.15) is 12.4 Å². The lowest BCUT2D eigenvalue weighted by molar-refractivity contribution is -0.00000794. The molecule has 0 saturated heterocycles. The number of ether oxygens (including phenoxy) is 1. The van der Waals surface area contributed by atoms with Crippen molar-refractivity contribution in [2.75, 3.05) is 19.7 Å². The van der Waals surface area contributed by atoms with E-state index in [1.54, 1.807) is 0 Å². The van der Waals surface area contributed by atoms with Gasteiger partial charge in [-0.25, -0.2) is 0 Å². The number of aromatic nitrogens is 1. The molecule has 0 aliphatic heterocycles. The summed E-state index contributed by atoms with van der Waals surface area (Å²) in [5.74, 6) is 0.866. The molecule has 0 saturated carbocycles. The average molecular weight is 396 g/mol. The third kappa shape index (κ3) is 4.47. The molecule has 3 aromatic carbocycles. The van der Waals surface area contributed by atoms with E-state index in [2.05, 4.69) is 46.3 Å². The molecule has 4 rings (SSSR count). The van der Waals surface area contributed by atoms with Gasteiger partial charge in [0.2, 0.25) is 0 Å². The van der Waals surface area contributed by atoms with Gasteiger partial charge in [0.15, 0.2) is 0 Å². The van der Waals surface area contributed by atoms with Crippen LogP contribution in [0.1, 0.15) is 0 Å². The van der Waals surface area contributed by atoms with Crippen LogP contribution in [0.3, 0.4) is 0 Å². The van der Waals surface area contributed by atoms with Crippen molar-refractivity contribution in [3.05, 3.63) is 78.9 Å². The molecule has 146 valence electrons. The van der Waals surface area contributed by atoms with Crippen LogP contribution >= 0.6 is 0 Å². The highest BCUT2D eigenvalue weighted by Crippen LogP contribution is 2.28. The second-order valence-corrected chi connectivity index (χ2v) is 6.66. The Kier molecular flexibility index (Phi) is 6.93. The average Bonchev–Trinajstić information content (AvgIpc) is 3.03. The van der Waals surface area contributed by atoms with Crippen LogP contribution in [0.4, 0.5) is 0 Å². The minimum absolute atomic E-state index is 0. The molecular formula is C23H24ClN2O2-. The fourth-order valence-corrected chi connectivity index (χ4v) is 3.50. The lowest BCUT2D eigenvalue weighted by Crippen LogP contribution is -3.00. The maximum absolute atomic E-state index is 10.5. The number of para-hydroxylation sites is 3. The number of aliphatic hydroxyl groups is 1. The summed E-state index contributed by atoms with van der Waals surface area (Å²) in [4.78, 5) is 0. The van der Waals surface area contributed by atoms with E-state index < -0.39 is 6.10 Å². The van der Waals surface area contributed by atoms with Crippen molar-refractivity contribution >= 4 is 21.8 Å². The van der Waals surface area contributed by atoms with Crippen LogP contribution in [0.5, 0.6) is 5.75 Å². The van der Waals surface area contributed by atoms with Gasteiger partial charge in [-0.3, -0.25) is 0 Å². The summed E-state index contributed by atoms with van der Waals surface area (Å²) in [5, 5.41) is 16.3. The van der Waals surface area contributed by atoms with Crippen molar-refractivity contribution in [1.29, 1.82) is 0 Å². The second-order valence-electron chi connectivity index (χ2n) is 6.66. The fraction of sp³-hybridized carbons (Fsp3) is 0.217. The topological polar surface area (TPSA) is 46.4 Å². The van der Waals surface area contributed by atoms with Gasteiger partial charge in [0, 0.05) is 34.9 Å². The number of hydrogen-bond acceptors (Lipinski definition) is 3. The zero-order valence-corrected chi connectivity index (χ0v) is 16.3. The maximum Gasteiger partial charge on any atom is 0.119 e.